The number of amides is 1. The first-order valence-electron chi connectivity index (χ1n) is 7.38. The summed E-state index contributed by atoms with van der Waals surface area (Å²) in [4.78, 5) is 17.2. The van der Waals surface area contributed by atoms with Gasteiger partial charge in [0.1, 0.15) is 5.69 Å². The zero-order chi connectivity index (χ0) is 17.3. The topological polar surface area (TPSA) is 55.6 Å². The van der Waals surface area contributed by atoms with Crippen molar-refractivity contribution in [3.8, 4) is 5.75 Å². The number of imidazole rings is 1. The van der Waals surface area contributed by atoms with Gasteiger partial charge >= 0.3 is 0 Å². The molecule has 0 aliphatic carbocycles. The van der Waals surface area contributed by atoms with Crippen LogP contribution in [0.15, 0.2) is 36.5 Å². The number of nitrogens with one attached hydrogen (secondary N) is 1. The summed E-state index contributed by atoms with van der Waals surface area (Å²) in [7, 11) is 0. The molecule has 24 heavy (non-hydrogen) atoms. The van der Waals surface area contributed by atoms with Crippen molar-refractivity contribution in [2.75, 3.05) is 11.9 Å². The summed E-state index contributed by atoms with van der Waals surface area (Å²) in [5.41, 5.74) is 2.06. The van der Waals surface area contributed by atoms with Crippen LogP contribution in [0.3, 0.4) is 0 Å². The number of carbonyl (C=O) groups is 1. The van der Waals surface area contributed by atoms with Crippen molar-refractivity contribution < 1.29 is 9.53 Å². The standard InChI is InChI=1S/C17H15Cl2N3O2/c1-3-24-14-5-4-8-22-15(10(2)20-16(14)22)17(23)21-13-9-11(18)6-7-12(13)19/h4-9H,3H2,1-2H3,(H,21,23). The minimum Gasteiger partial charge on any atom is -0.490 e. The number of aromatic nitrogens is 2. The Kier molecular flexibility index (Phi) is 4.64. The van der Waals surface area contributed by atoms with Crippen LogP contribution in [0.2, 0.25) is 10.0 Å². The van der Waals surface area contributed by atoms with Crippen molar-refractivity contribution in [1.29, 1.82) is 0 Å². The van der Waals surface area contributed by atoms with Crippen LogP contribution in [0.4, 0.5) is 5.69 Å². The fourth-order valence-corrected chi connectivity index (χ4v) is 2.81. The second-order valence-corrected chi connectivity index (χ2v) is 5.97. The van der Waals surface area contributed by atoms with Crippen molar-refractivity contribution in [3.05, 3.63) is 58.0 Å². The molecule has 0 fully saturated rings. The van der Waals surface area contributed by atoms with E-state index >= 15 is 0 Å². The van der Waals surface area contributed by atoms with Crippen LogP contribution >= 0.6 is 23.2 Å². The predicted octanol–water partition coefficient (Wildman–Crippen LogP) is 4.60. The first kappa shape index (κ1) is 16.6. The van der Waals surface area contributed by atoms with E-state index < -0.39 is 0 Å². The molecule has 3 aromatic rings. The van der Waals surface area contributed by atoms with E-state index in [1.165, 1.54) is 0 Å². The molecule has 0 atom stereocenters. The van der Waals surface area contributed by atoms with Crippen LogP contribution in [0.25, 0.3) is 5.65 Å². The number of hydrogen-bond acceptors (Lipinski definition) is 3. The molecule has 5 nitrogen and oxygen atoms in total. The Morgan fingerprint density at radius 1 is 1.33 bits per heavy atom. The number of rotatable bonds is 4. The summed E-state index contributed by atoms with van der Waals surface area (Å²) in [5.74, 6) is 0.306. The predicted molar refractivity (Wildman–Crippen MR) is 95.5 cm³/mol. The fraction of sp³-hybridized carbons (Fsp3) is 0.176. The number of ether oxygens (including phenoxy) is 1. The Bertz CT molecular complexity index is 922. The summed E-state index contributed by atoms with van der Waals surface area (Å²) >= 11 is 12.1. The van der Waals surface area contributed by atoms with Gasteiger partial charge in [-0.3, -0.25) is 9.20 Å². The number of hydrogen-bond donors (Lipinski definition) is 1. The zero-order valence-corrected chi connectivity index (χ0v) is 14.6. The van der Waals surface area contributed by atoms with E-state index in [9.17, 15) is 4.79 Å². The molecule has 0 spiro atoms. The molecule has 0 bridgehead atoms. The van der Waals surface area contributed by atoms with Crippen LogP contribution in [-0.4, -0.2) is 21.9 Å². The molecule has 0 saturated carbocycles. The molecule has 124 valence electrons. The second kappa shape index (κ2) is 6.71. The monoisotopic (exact) mass is 363 g/mol. The normalized spacial score (nSPS) is 10.8. The molecule has 0 aliphatic rings. The average molecular weight is 364 g/mol. The van der Waals surface area contributed by atoms with Gasteiger partial charge in [-0.15, -0.1) is 0 Å². The van der Waals surface area contributed by atoms with Gasteiger partial charge in [0, 0.05) is 11.2 Å². The molecule has 3 rings (SSSR count). The van der Waals surface area contributed by atoms with Crippen LogP contribution in [0.5, 0.6) is 5.75 Å². The highest BCUT2D eigenvalue weighted by Crippen LogP contribution is 2.27. The number of aryl methyl sites for hydroxylation is 1. The van der Waals surface area contributed by atoms with E-state index in [1.54, 1.807) is 35.7 Å². The third kappa shape index (κ3) is 3.05. The third-order valence-electron chi connectivity index (χ3n) is 3.48. The Morgan fingerprint density at radius 3 is 2.88 bits per heavy atom. The molecular weight excluding hydrogens is 349 g/mol. The maximum Gasteiger partial charge on any atom is 0.274 e. The van der Waals surface area contributed by atoms with Crippen molar-refractivity contribution >= 4 is 40.4 Å². The fourth-order valence-electron chi connectivity index (χ4n) is 2.47. The highest BCUT2D eigenvalue weighted by atomic mass is 35.5. The van der Waals surface area contributed by atoms with E-state index in [0.717, 1.165) is 0 Å². The molecule has 1 amide bonds. The van der Waals surface area contributed by atoms with Crippen molar-refractivity contribution in [2.45, 2.75) is 13.8 Å². The van der Waals surface area contributed by atoms with Gasteiger partial charge in [0.15, 0.2) is 11.4 Å². The van der Waals surface area contributed by atoms with Gasteiger partial charge < -0.3 is 10.1 Å². The summed E-state index contributed by atoms with van der Waals surface area (Å²) in [6, 6.07) is 8.52. The number of pyridine rings is 1. The highest BCUT2D eigenvalue weighted by Gasteiger charge is 2.19. The Morgan fingerprint density at radius 2 is 2.12 bits per heavy atom. The SMILES string of the molecule is CCOc1cccn2c(C(=O)Nc3cc(Cl)ccc3Cl)c(C)nc12. The van der Waals surface area contributed by atoms with Crippen molar-refractivity contribution in [3.63, 3.8) is 0 Å². The summed E-state index contributed by atoms with van der Waals surface area (Å²) in [6.07, 6.45) is 1.77. The maximum absolute atomic E-state index is 12.7. The molecule has 0 radical (unpaired) electrons. The third-order valence-corrected chi connectivity index (χ3v) is 4.04. The zero-order valence-electron chi connectivity index (χ0n) is 13.1. The molecular formula is C17H15Cl2N3O2. The number of fused-ring (bicyclic) bond motifs is 1. The van der Waals surface area contributed by atoms with Gasteiger partial charge in [0.25, 0.3) is 5.91 Å². The average Bonchev–Trinajstić information content (AvgIpc) is 2.88. The lowest BCUT2D eigenvalue weighted by Crippen LogP contribution is -2.16. The Balaban J connectivity index is 2.02. The molecule has 1 aromatic carbocycles. The lowest BCUT2D eigenvalue weighted by atomic mass is 10.2. The van der Waals surface area contributed by atoms with Gasteiger partial charge in [0.2, 0.25) is 0 Å². The van der Waals surface area contributed by atoms with E-state index in [0.29, 0.717) is 45.1 Å². The number of benzene rings is 1. The number of carbonyl (C=O) groups excluding carboxylic acids is 1. The van der Waals surface area contributed by atoms with Crippen LogP contribution < -0.4 is 10.1 Å². The van der Waals surface area contributed by atoms with Crippen LogP contribution in [-0.2, 0) is 0 Å². The van der Waals surface area contributed by atoms with Gasteiger partial charge in [-0.25, -0.2) is 4.98 Å². The maximum atomic E-state index is 12.7. The number of anilines is 1. The molecule has 0 unspecified atom stereocenters. The second-order valence-electron chi connectivity index (χ2n) is 5.12. The lowest BCUT2D eigenvalue weighted by Gasteiger charge is -2.09. The van der Waals surface area contributed by atoms with E-state index in [1.807, 2.05) is 19.1 Å². The van der Waals surface area contributed by atoms with Gasteiger partial charge in [0.05, 0.1) is 23.0 Å². The Labute approximate surface area is 149 Å². The molecule has 7 heteroatoms. The summed E-state index contributed by atoms with van der Waals surface area (Å²) < 4.78 is 7.27. The van der Waals surface area contributed by atoms with Crippen LogP contribution in [0, 0.1) is 6.92 Å². The van der Waals surface area contributed by atoms with Gasteiger partial charge in [-0.05, 0) is 44.2 Å². The molecule has 2 heterocycles. The minimum absolute atomic E-state index is 0.321. The highest BCUT2D eigenvalue weighted by molar-refractivity contribution is 6.35. The minimum atomic E-state index is -0.321. The van der Waals surface area contributed by atoms with E-state index in [4.69, 9.17) is 27.9 Å². The molecule has 1 N–H and O–H groups in total. The largest absolute Gasteiger partial charge is 0.490 e. The first-order chi connectivity index (χ1) is 11.5. The number of halogens is 2. The van der Waals surface area contributed by atoms with Gasteiger partial charge in [-0.2, -0.15) is 0 Å². The van der Waals surface area contributed by atoms with Crippen LogP contribution in [0.1, 0.15) is 23.1 Å². The Hall–Kier alpha value is -2.24. The first-order valence-corrected chi connectivity index (χ1v) is 8.13. The van der Waals surface area contributed by atoms with Gasteiger partial charge in [-0.1, -0.05) is 23.2 Å². The van der Waals surface area contributed by atoms with E-state index in [2.05, 4.69) is 10.3 Å². The smallest absolute Gasteiger partial charge is 0.274 e. The van der Waals surface area contributed by atoms with Crippen molar-refractivity contribution in [2.24, 2.45) is 0 Å². The number of nitrogens with zero attached hydrogens (tertiary/aromatic N) is 2. The van der Waals surface area contributed by atoms with Crippen molar-refractivity contribution in [1.82, 2.24) is 9.38 Å². The summed E-state index contributed by atoms with van der Waals surface area (Å²) in [5, 5.41) is 3.68. The molecule has 0 aliphatic heterocycles. The summed E-state index contributed by atoms with van der Waals surface area (Å²) in [6.45, 7) is 4.19. The lowest BCUT2D eigenvalue weighted by molar-refractivity contribution is 0.102. The molecule has 0 saturated heterocycles. The quantitative estimate of drug-likeness (QED) is 0.736. The molecule has 2 aromatic heterocycles. The van der Waals surface area contributed by atoms with E-state index in [-0.39, 0.29) is 5.91 Å².